The normalized spacial score (nSPS) is 13.7. The van der Waals surface area contributed by atoms with Crippen molar-refractivity contribution in [2.24, 2.45) is 5.73 Å². The number of rotatable bonds is 3. The molecule has 1 aromatic heterocycles. The molecule has 4 heteroatoms. The van der Waals surface area contributed by atoms with Crippen LogP contribution in [0.1, 0.15) is 29.5 Å². The third-order valence-corrected chi connectivity index (χ3v) is 1.98. The van der Waals surface area contributed by atoms with Gasteiger partial charge in [-0.25, -0.2) is 8.78 Å². The van der Waals surface area contributed by atoms with Crippen molar-refractivity contribution >= 4 is 0 Å². The highest BCUT2D eigenvalue weighted by Crippen LogP contribution is 2.22. The van der Waals surface area contributed by atoms with Crippen LogP contribution in [0.25, 0.3) is 0 Å². The average molecular weight is 189 g/mol. The van der Waals surface area contributed by atoms with Gasteiger partial charge < -0.3 is 10.2 Å². The third-order valence-electron chi connectivity index (χ3n) is 1.98. The molecule has 74 valence electrons. The van der Waals surface area contributed by atoms with Crippen LogP contribution >= 0.6 is 0 Å². The van der Waals surface area contributed by atoms with Crippen molar-refractivity contribution in [2.45, 2.75) is 32.7 Å². The maximum absolute atomic E-state index is 12.0. The van der Waals surface area contributed by atoms with Crippen molar-refractivity contribution in [3.8, 4) is 0 Å². The van der Waals surface area contributed by atoms with Gasteiger partial charge in [0.2, 0.25) is 6.43 Å². The van der Waals surface area contributed by atoms with Crippen molar-refractivity contribution in [3.63, 3.8) is 0 Å². The fourth-order valence-electron chi connectivity index (χ4n) is 1.09. The molecule has 2 N–H and O–H groups in total. The number of aryl methyl sites for hydroxylation is 2. The maximum atomic E-state index is 12.0. The van der Waals surface area contributed by atoms with Gasteiger partial charge in [0.25, 0.3) is 0 Å². The van der Waals surface area contributed by atoms with E-state index < -0.39 is 12.5 Å². The summed E-state index contributed by atoms with van der Waals surface area (Å²) in [5.74, 6) is 1.18. The lowest BCUT2D eigenvalue weighted by Gasteiger charge is -2.06. The molecule has 1 heterocycles. The van der Waals surface area contributed by atoms with Gasteiger partial charge in [0, 0.05) is 6.42 Å². The molecule has 2 nitrogen and oxygen atoms in total. The Morgan fingerprint density at radius 1 is 1.46 bits per heavy atom. The van der Waals surface area contributed by atoms with Gasteiger partial charge in [0.1, 0.15) is 11.5 Å². The van der Waals surface area contributed by atoms with Crippen LogP contribution in [0.3, 0.4) is 0 Å². The molecule has 0 unspecified atom stereocenters. The number of furan rings is 1. The SMILES string of the molecule is Cc1cc([C@@H](N)CC(F)F)oc1C. The van der Waals surface area contributed by atoms with E-state index in [1.54, 1.807) is 13.0 Å². The van der Waals surface area contributed by atoms with E-state index in [1.165, 1.54) is 0 Å². The zero-order valence-corrected chi connectivity index (χ0v) is 7.68. The first-order valence-electron chi connectivity index (χ1n) is 4.11. The molecule has 0 aromatic carbocycles. The van der Waals surface area contributed by atoms with Gasteiger partial charge >= 0.3 is 0 Å². The van der Waals surface area contributed by atoms with Crippen LogP contribution in [0.5, 0.6) is 0 Å². The quantitative estimate of drug-likeness (QED) is 0.793. The first-order valence-corrected chi connectivity index (χ1v) is 4.11. The van der Waals surface area contributed by atoms with Crippen LogP contribution in [0.2, 0.25) is 0 Å². The molecule has 13 heavy (non-hydrogen) atoms. The Hall–Kier alpha value is -0.900. The van der Waals surface area contributed by atoms with Crippen molar-refractivity contribution in [1.29, 1.82) is 0 Å². The van der Waals surface area contributed by atoms with Crippen molar-refractivity contribution in [3.05, 3.63) is 23.2 Å². The molecule has 0 aliphatic rings. The summed E-state index contributed by atoms with van der Waals surface area (Å²) in [6.45, 7) is 3.64. The molecule has 0 radical (unpaired) electrons. The van der Waals surface area contributed by atoms with Crippen LogP contribution in [0.15, 0.2) is 10.5 Å². The van der Waals surface area contributed by atoms with E-state index in [2.05, 4.69) is 0 Å². The molecule has 1 atom stereocenters. The zero-order valence-electron chi connectivity index (χ0n) is 7.68. The van der Waals surface area contributed by atoms with Crippen LogP contribution in [-0.2, 0) is 0 Å². The van der Waals surface area contributed by atoms with E-state index in [-0.39, 0.29) is 6.42 Å². The lowest BCUT2D eigenvalue weighted by molar-refractivity contribution is 0.124. The van der Waals surface area contributed by atoms with Crippen LogP contribution < -0.4 is 5.73 Å². The van der Waals surface area contributed by atoms with E-state index in [9.17, 15) is 8.78 Å². The predicted octanol–water partition coefficient (Wildman–Crippen LogP) is 2.55. The van der Waals surface area contributed by atoms with E-state index in [1.807, 2.05) is 6.92 Å². The summed E-state index contributed by atoms with van der Waals surface area (Å²) in [6.07, 6.45) is -2.74. The second kappa shape index (κ2) is 3.87. The number of alkyl halides is 2. The fraction of sp³-hybridized carbons (Fsp3) is 0.556. The Labute approximate surface area is 75.7 Å². The summed E-state index contributed by atoms with van der Waals surface area (Å²) in [4.78, 5) is 0. The molecule has 0 saturated heterocycles. The van der Waals surface area contributed by atoms with Crippen LogP contribution in [0, 0.1) is 13.8 Å². The summed E-state index contributed by atoms with van der Waals surface area (Å²) in [6, 6.07) is 1.01. The van der Waals surface area contributed by atoms with Gasteiger partial charge in [0.05, 0.1) is 6.04 Å². The van der Waals surface area contributed by atoms with Crippen molar-refractivity contribution < 1.29 is 13.2 Å². The highest BCUT2D eigenvalue weighted by Gasteiger charge is 2.16. The average Bonchev–Trinajstić information content (AvgIpc) is 2.31. The molecule has 0 aliphatic heterocycles. The summed E-state index contributed by atoms with van der Waals surface area (Å²) in [5, 5.41) is 0. The molecule has 0 fully saturated rings. The number of nitrogens with two attached hydrogens (primary N) is 1. The van der Waals surface area contributed by atoms with Gasteiger partial charge in [-0.05, 0) is 25.5 Å². The minimum atomic E-state index is -2.39. The minimum Gasteiger partial charge on any atom is -0.464 e. The van der Waals surface area contributed by atoms with E-state index >= 15 is 0 Å². The Morgan fingerprint density at radius 2 is 2.08 bits per heavy atom. The molecule has 0 aliphatic carbocycles. The molecule has 0 bridgehead atoms. The molecule has 1 rings (SSSR count). The van der Waals surface area contributed by atoms with E-state index in [0.717, 1.165) is 11.3 Å². The second-order valence-electron chi connectivity index (χ2n) is 3.12. The Kier molecular flexibility index (Phi) is 3.03. The molecular weight excluding hydrogens is 176 g/mol. The number of hydrogen-bond donors (Lipinski definition) is 1. The highest BCUT2D eigenvalue weighted by atomic mass is 19.3. The molecule has 0 amide bonds. The summed E-state index contributed by atoms with van der Waals surface area (Å²) in [5.41, 5.74) is 6.45. The van der Waals surface area contributed by atoms with Crippen molar-refractivity contribution in [2.75, 3.05) is 0 Å². The number of hydrogen-bond acceptors (Lipinski definition) is 2. The van der Waals surface area contributed by atoms with Crippen LogP contribution in [0.4, 0.5) is 8.78 Å². The summed E-state index contributed by atoms with van der Waals surface area (Å²) >= 11 is 0. The predicted molar refractivity (Wildman–Crippen MR) is 45.7 cm³/mol. The Balaban J connectivity index is 2.71. The van der Waals surface area contributed by atoms with Gasteiger partial charge in [-0.2, -0.15) is 0 Å². The summed E-state index contributed by atoms with van der Waals surface area (Å²) in [7, 11) is 0. The molecular formula is C9H13F2NO. The second-order valence-corrected chi connectivity index (χ2v) is 3.12. The van der Waals surface area contributed by atoms with Crippen LogP contribution in [-0.4, -0.2) is 6.43 Å². The molecule has 0 saturated carbocycles. The Bertz CT molecular complexity index is 264. The van der Waals surface area contributed by atoms with Crippen molar-refractivity contribution in [1.82, 2.24) is 0 Å². The summed E-state index contributed by atoms with van der Waals surface area (Å²) < 4.78 is 29.1. The van der Waals surface area contributed by atoms with Gasteiger partial charge in [0.15, 0.2) is 0 Å². The van der Waals surface area contributed by atoms with Gasteiger partial charge in [-0.1, -0.05) is 0 Å². The maximum Gasteiger partial charge on any atom is 0.240 e. The lowest BCUT2D eigenvalue weighted by atomic mass is 10.1. The molecule has 0 spiro atoms. The number of halogens is 2. The topological polar surface area (TPSA) is 39.2 Å². The van der Waals surface area contributed by atoms with Gasteiger partial charge in [-0.3, -0.25) is 0 Å². The monoisotopic (exact) mass is 189 g/mol. The first-order chi connectivity index (χ1) is 6.00. The highest BCUT2D eigenvalue weighted by molar-refractivity contribution is 5.20. The Morgan fingerprint density at radius 3 is 2.46 bits per heavy atom. The zero-order chi connectivity index (χ0) is 10.0. The lowest BCUT2D eigenvalue weighted by Crippen LogP contribution is -2.13. The molecule has 1 aromatic rings. The third kappa shape index (κ3) is 2.52. The largest absolute Gasteiger partial charge is 0.464 e. The minimum absolute atomic E-state index is 0.355. The fourth-order valence-corrected chi connectivity index (χ4v) is 1.09. The first kappa shape index (κ1) is 10.2. The smallest absolute Gasteiger partial charge is 0.240 e. The van der Waals surface area contributed by atoms with E-state index in [0.29, 0.717) is 5.76 Å². The van der Waals surface area contributed by atoms with E-state index in [4.69, 9.17) is 10.2 Å². The van der Waals surface area contributed by atoms with Gasteiger partial charge in [-0.15, -0.1) is 0 Å². The standard InChI is InChI=1S/C9H13F2NO/c1-5-3-8(13-6(5)2)7(12)4-9(10)11/h3,7,9H,4,12H2,1-2H3/t7-/m0/s1.